The lowest BCUT2D eigenvalue weighted by Gasteiger charge is -2.43. The quantitative estimate of drug-likeness (QED) is 0.866. The molecule has 3 fully saturated rings. The first kappa shape index (κ1) is 18.2. The molecule has 1 atom stereocenters. The first-order chi connectivity index (χ1) is 12.9. The zero-order valence-corrected chi connectivity index (χ0v) is 16.1. The van der Waals surface area contributed by atoms with Crippen LogP contribution in [0.3, 0.4) is 0 Å². The molecule has 3 aliphatic rings. The van der Waals surface area contributed by atoms with Crippen molar-refractivity contribution in [2.75, 3.05) is 25.0 Å². The smallest absolute Gasteiger partial charge is 0.229 e. The highest BCUT2D eigenvalue weighted by molar-refractivity contribution is 5.93. The highest BCUT2D eigenvalue weighted by Crippen LogP contribution is 2.33. The van der Waals surface area contributed by atoms with Crippen LogP contribution < -0.4 is 5.32 Å². The van der Waals surface area contributed by atoms with Gasteiger partial charge in [-0.05, 0) is 74.5 Å². The van der Waals surface area contributed by atoms with Gasteiger partial charge in [0.1, 0.15) is 0 Å². The van der Waals surface area contributed by atoms with Gasteiger partial charge in [0.05, 0.1) is 11.5 Å². The van der Waals surface area contributed by atoms with Gasteiger partial charge in [-0.1, -0.05) is 36.4 Å². The predicted molar refractivity (Wildman–Crippen MR) is 108 cm³/mol. The molecule has 27 heavy (non-hydrogen) atoms. The third kappa shape index (κ3) is 3.92. The third-order valence-electron chi connectivity index (χ3n) is 6.07. The molecule has 4 heteroatoms. The van der Waals surface area contributed by atoms with Gasteiger partial charge < -0.3 is 15.3 Å². The van der Waals surface area contributed by atoms with Gasteiger partial charge in [-0.25, -0.2) is 0 Å². The minimum atomic E-state index is -0.832. The molecule has 0 aromatic heterocycles. The number of nitrogens with one attached hydrogen (secondary N) is 1. The molecule has 0 aliphatic carbocycles. The minimum Gasteiger partial charge on any atom is -0.386 e. The van der Waals surface area contributed by atoms with Gasteiger partial charge in [0.2, 0.25) is 5.91 Å². The number of carbonyl (C=O) groups is 1. The number of benzene rings is 2. The average molecular weight is 364 g/mol. The van der Waals surface area contributed by atoms with E-state index in [1.165, 1.54) is 0 Å². The maximum atomic E-state index is 12.7. The van der Waals surface area contributed by atoms with Gasteiger partial charge in [0.15, 0.2) is 0 Å². The SMILES string of the molecule is CC(C)(O)c1ccc(-c2ccc(NC(=O)[C@H]3CN4CCC3CC4)cc2)cc1. The zero-order chi connectivity index (χ0) is 19.0. The molecule has 3 aliphatic heterocycles. The second kappa shape index (κ2) is 7.10. The normalized spacial score (nSPS) is 24.6. The Balaban J connectivity index is 1.42. The zero-order valence-electron chi connectivity index (χ0n) is 16.1. The minimum absolute atomic E-state index is 0.126. The first-order valence-electron chi connectivity index (χ1n) is 9.87. The number of anilines is 1. The first-order valence-corrected chi connectivity index (χ1v) is 9.87. The van der Waals surface area contributed by atoms with Crippen molar-refractivity contribution in [3.05, 3.63) is 54.1 Å². The molecule has 2 aromatic carbocycles. The maximum Gasteiger partial charge on any atom is 0.229 e. The Kier molecular flexibility index (Phi) is 4.79. The summed E-state index contributed by atoms with van der Waals surface area (Å²) in [7, 11) is 0. The van der Waals surface area contributed by atoms with Gasteiger partial charge >= 0.3 is 0 Å². The van der Waals surface area contributed by atoms with Gasteiger partial charge in [0, 0.05) is 12.2 Å². The third-order valence-corrected chi connectivity index (χ3v) is 6.07. The van der Waals surface area contributed by atoms with E-state index in [4.69, 9.17) is 0 Å². The van der Waals surface area contributed by atoms with E-state index in [9.17, 15) is 9.90 Å². The molecule has 0 unspecified atom stereocenters. The summed E-state index contributed by atoms with van der Waals surface area (Å²) in [5.74, 6) is 0.830. The van der Waals surface area contributed by atoms with E-state index >= 15 is 0 Å². The molecular weight excluding hydrogens is 336 g/mol. The summed E-state index contributed by atoms with van der Waals surface area (Å²) in [6, 6.07) is 16.0. The van der Waals surface area contributed by atoms with Crippen LogP contribution in [0.2, 0.25) is 0 Å². The molecule has 2 aromatic rings. The number of rotatable bonds is 4. The number of hydrogen-bond acceptors (Lipinski definition) is 3. The van der Waals surface area contributed by atoms with Crippen LogP contribution in [0.15, 0.2) is 48.5 Å². The average Bonchev–Trinajstić information content (AvgIpc) is 2.69. The van der Waals surface area contributed by atoms with E-state index in [1.807, 2.05) is 48.5 Å². The van der Waals surface area contributed by atoms with E-state index in [-0.39, 0.29) is 11.8 Å². The van der Waals surface area contributed by atoms with Crippen LogP contribution in [0.25, 0.3) is 11.1 Å². The van der Waals surface area contributed by atoms with E-state index in [0.29, 0.717) is 5.92 Å². The Labute approximate surface area is 161 Å². The summed E-state index contributed by atoms with van der Waals surface area (Å²) >= 11 is 0. The molecule has 0 radical (unpaired) electrons. The van der Waals surface area contributed by atoms with Crippen molar-refractivity contribution < 1.29 is 9.90 Å². The number of amides is 1. The van der Waals surface area contributed by atoms with E-state index < -0.39 is 5.60 Å². The van der Waals surface area contributed by atoms with Crippen LogP contribution >= 0.6 is 0 Å². The lowest BCUT2D eigenvalue weighted by atomic mass is 9.78. The Bertz CT molecular complexity index is 798. The van der Waals surface area contributed by atoms with Crippen LogP contribution in [0.1, 0.15) is 32.3 Å². The fourth-order valence-electron chi connectivity index (χ4n) is 4.31. The monoisotopic (exact) mass is 364 g/mol. The summed E-state index contributed by atoms with van der Waals surface area (Å²) < 4.78 is 0. The molecule has 3 heterocycles. The lowest BCUT2D eigenvalue weighted by molar-refractivity contribution is -0.125. The fraction of sp³-hybridized carbons (Fsp3) is 0.435. The van der Waals surface area contributed by atoms with Crippen molar-refractivity contribution in [1.29, 1.82) is 0 Å². The van der Waals surface area contributed by atoms with Crippen molar-refractivity contribution in [3.8, 4) is 11.1 Å². The van der Waals surface area contributed by atoms with E-state index in [0.717, 1.165) is 54.9 Å². The summed E-state index contributed by atoms with van der Waals surface area (Å²) in [5, 5.41) is 13.2. The summed E-state index contributed by atoms with van der Waals surface area (Å²) in [5.41, 5.74) is 3.11. The Hall–Kier alpha value is -2.17. The summed E-state index contributed by atoms with van der Waals surface area (Å²) in [6.45, 7) is 6.77. The van der Waals surface area contributed by atoms with Crippen LogP contribution in [0.5, 0.6) is 0 Å². The van der Waals surface area contributed by atoms with Crippen LogP contribution in [-0.2, 0) is 10.4 Å². The van der Waals surface area contributed by atoms with Gasteiger partial charge in [-0.3, -0.25) is 4.79 Å². The van der Waals surface area contributed by atoms with Crippen molar-refractivity contribution in [1.82, 2.24) is 4.90 Å². The number of aliphatic hydroxyl groups is 1. The van der Waals surface area contributed by atoms with Crippen molar-refractivity contribution >= 4 is 11.6 Å². The fourth-order valence-corrected chi connectivity index (χ4v) is 4.31. The van der Waals surface area contributed by atoms with E-state index in [1.54, 1.807) is 13.8 Å². The van der Waals surface area contributed by atoms with Crippen molar-refractivity contribution in [2.45, 2.75) is 32.3 Å². The van der Waals surface area contributed by atoms with Crippen LogP contribution in [-0.4, -0.2) is 35.5 Å². The number of fused-ring (bicyclic) bond motifs is 3. The van der Waals surface area contributed by atoms with Gasteiger partial charge in [-0.2, -0.15) is 0 Å². The second-order valence-corrected chi connectivity index (χ2v) is 8.45. The topological polar surface area (TPSA) is 52.6 Å². The summed E-state index contributed by atoms with van der Waals surface area (Å²) in [6.07, 6.45) is 2.30. The Morgan fingerprint density at radius 1 is 1.00 bits per heavy atom. The number of hydrogen-bond donors (Lipinski definition) is 2. The lowest BCUT2D eigenvalue weighted by Crippen LogP contribution is -2.51. The molecule has 4 nitrogen and oxygen atoms in total. The standard InChI is InChI=1S/C23H28N2O2/c1-23(2,27)19-7-3-16(4-8-19)17-5-9-20(10-6-17)24-22(26)21-15-25-13-11-18(21)12-14-25/h3-10,18,21,27H,11-15H2,1-2H3,(H,24,26)/t21-/m0/s1. The predicted octanol–water partition coefficient (Wildman–Crippen LogP) is 3.86. The van der Waals surface area contributed by atoms with Crippen molar-refractivity contribution in [3.63, 3.8) is 0 Å². The highest BCUT2D eigenvalue weighted by atomic mass is 16.3. The Morgan fingerprint density at radius 3 is 2.04 bits per heavy atom. The molecule has 0 saturated carbocycles. The largest absolute Gasteiger partial charge is 0.386 e. The molecule has 2 bridgehead atoms. The molecular formula is C23H28N2O2. The van der Waals surface area contributed by atoms with E-state index in [2.05, 4.69) is 10.2 Å². The molecule has 142 valence electrons. The van der Waals surface area contributed by atoms with Crippen molar-refractivity contribution in [2.24, 2.45) is 11.8 Å². The molecule has 5 rings (SSSR count). The highest BCUT2D eigenvalue weighted by Gasteiger charge is 2.38. The number of carbonyl (C=O) groups excluding carboxylic acids is 1. The number of piperidine rings is 3. The Morgan fingerprint density at radius 2 is 1.56 bits per heavy atom. The maximum absolute atomic E-state index is 12.7. The molecule has 0 spiro atoms. The van der Waals surface area contributed by atoms with Gasteiger partial charge in [0.25, 0.3) is 0 Å². The van der Waals surface area contributed by atoms with Crippen LogP contribution in [0, 0.1) is 11.8 Å². The summed E-state index contributed by atoms with van der Waals surface area (Å²) in [4.78, 5) is 15.1. The second-order valence-electron chi connectivity index (χ2n) is 8.45. The molecule has 3 saturated heterocycles. The number of nitrogens with zero attached hydrogens (tertiary/aromatic N) is 1. The van der Waals surface area contributed by atoms with Crippen LogP contribution in [0.4, 0.5) is 5.69 Å². The molecule has 2 N–H and O–H groups in total. The molecule has 1 amide bonds. The van der Waals surface area contributed by atoms with Gasteiger partial charge in [-0.15, -0.1) is 0 Å².